The Morgan fingerprint density at radius 3 is 2.53 bits per heavy atom. The number of hydrogen-bond donors (Lipinski definition) is 0. The molecule has 174 valence electrons. The first-order valence-electron chi connectivity index (χ1n) is 11.2. The first-order chi connectivity index (χ1) is 16.6. The maximum absolute atomic E-state index is 12.8. The van der Waals surface area contributed by atoms with Crippen molar-refractivity contribution in [3.63, 3.8) is 0 Å². The molecule has 5 rings (SSSR count). The van der Waals surface area contributed by atoms with Gasteiger partial charge in [-0.2, -0.15) is 0 Å². The summed E-state index contributed by atoms with van der Waals surface area (Å²) in [5.74, 6) is 1.67. The van der Waals surface area contributed by atoms with Gasteiger partial charge in [0, 0.05) is 53.6 Å². The predicted octanol–water partition coefficient (Wildman–Crippen LogP) is 5.58. The van der Waals surface area contributed by atoms with Crippen molar-refractivity contribution in [1.82, 2.24) is 9.80 Å². The van der Waals surface area contributed by atoms with Gasteiger partial charge in [0.15, 0.2) is 11.5 Å². The minimum atomic E-state index is 0.0500. The number of hydrogen-bond acceptors (Lipinski definition) is 5. The van der Waals surface area contributed by atoms with Gasteiger partial charge in [-0.05, 0) is 59.7 Å². The zero-order chi connectivity index (χ0) is 23.3. The minimum absolute atomic E-state index is 0.0500. The van der Waals surface area contributed by atoms with Crippen molar-refractivity contribution in [3.8, 4) is 11.5 Å². The average molecular weight is 493 g/mol. The van der Waals surface area contributed by atoms with Gasteiger partial charge in [-0.25, -0.2) is 0 Å². The highest BCUT2D eigenvalue weighted by atomic mass is 35.5. The van der Waals surface area contributed by atoms with Crippen molar-refractivity contribution in [2.24, 2.45) is 0 Å². The van der Waals surface area contributed by atoms with Crippen LogP contribution in [0.5, 0.6) is 11.5 Å². The second kappa shape index (κ2) is 10.6. The van der Waals surface area contributed by atoms with Crippen LogP contribution < -0.4 is 9.47 Å². The number of rotatable bonds is 6. The van der Waals surface area contributed by atoms with Crippen LogP contribution in [0.4, 0.5) is 0 Å². The molecular weight excluding hydrogens is 468 g/mol. The van der Waals surface area contributed by atoms with Crippen LogP contribution in [0.2, 0.25) is 5.02 Å². The van der Waals surface area contributed by atoms with Gasteiger partial charge in [0.05, 0.1) is 0 Å². The van der Waals surface area contributed by atoms with Gasteiger partial charge in [0.2, 0.25) is 12.7 Å². The number of nitrogens with zero attached hydrogens (tertiary/aromatic N) is 2. The van der Waals surface area contributed by atoms with E-state index >= 15 is 0 Å². The summed E-state index contributed by atoms with van der Waals surface area (Å²) in [6.45, 7) is 4.25. The average Bonchev–Trinajstić information content (AvgIpc) is 3.33. The molecule has 0 radical (unpaired) electrons. The Morgan fingerprint density at radius 1 is 0.941 bits per heavy atom. The van der Waals surface area contributed by atoms with Gasteiger partial charge in [-0.1, -0.05) is 47.6 Å². The van der Waals surface area contributed by atoms with Gasteiger partial charge < -0.3 is 14.4 Å². The Hall–Kier alpha value is -2.93. The maximum atomic E-state index is 12.8. The molecule has 7 heteroatoms. The second-order valence-corrected chi connectivity index (χ2v) is 9.77. The highest BCUT2D eigenvalue weighted by molar-refractivity contribution is 7.99. The number of halogens is 1. The highest BCUT2D eigenvalue weighted by Crippen LogP contribution is 2.33. The van der Waals surface area contributed by atoms with E-state index in [9.17, 15) is 4.79 Å². The summed E-state index contributed by atoms with van der Waals surface area (Å²) in [5.41, 5.74) is 2.22. The second-order valence-electron chi connectivity index (χ2n) is 8.22. The molecule has 3 aromatic carbocycles. The van der Waals surface area contributed by atoms with Crippen molar-refractivity contribution in [2.45, 2.75) is 16.3 Å². The van der Waals surface area contributed by atoms with Crippen LogP contribution >= 0.6 is 23.4 Å². The molecule has 3 aromatic rings. The molecule has 1 amide bonds. The van der Waals surface area contributed by atoms with Gasteiger partial charge in [-0.15, -0.1) is 0 Å². The van der Waals surface area contributed by atoms with Crippen molar-refractivity contribution in [1.29, 1.82) is 0 Å². The normalized spacial score (nSPS) is 15.7. The molecule has 1 fully saturated rings. The zero-order valence-corrected chi connectivity index (χ0v) is 20.2. The Kier molecular flexibility index (Phi) is 7.09. The van der Waals surface area contributed by atoms with Gasteiger partial charge in [0.1, 0.15) is 0 Å². The first-order valence-corrected chi connectivity index (χ1v) is 12.4. The van der Waals surface area contributed by atoms with Crippen molar-refractivity contribution < 1.29 is 14.3 Å². The minimum Gasteiger partial charge on any atom is -0.454 e. The monoisotopic (exact) mass is 492 g/mol. The van der Waals surface area contributed by atoms with E-state index < -0.39 is 0 Å². The van der Waals surface area contributed by atoms with Crippen molar-refractivity contribution in [3.05, 3.63) is 89.0 Å². The Bertz CT molecular complexity index is 1190. The SMILES string of the molecule is O=C(/C=C/c1ccccc1Sc1ccc(Cl)cc1)N1CCN(Cc2ccc3c(c2)OCO3)CC1. The van der Waals surface area contributed by atoms with E-state index in [-0.39, 0.29) is 12.7 Å². The van der Waals surface area contributed by atoms with Crippen LogP contribution in [0.15, 0.2) is 82.6 Å². The zero-order valence-electron chi connectivity index (χ0n) is 18.7. The number of amides is 1. The summed E-state index contributed by atoms with van der Waals surface area (Å²) < 4.78 is 10.9. The van der Waals surface area contributed by atoms with Gasteiger partial charge in [-0.3, -0.25) is 9.69 Å². The number of piperazine rings is 1. The van der Waals surface area contributed by atoms with E-state index in [1.54, 1.807) is 17.8 Å². The fourth-order valence-electron chi connectivity index (χ4n) is 4.03. The van der Waals surface area contributed by atoms with Gasteiger partial charge >= 0.3 is 0 Å². The number of ether oxygens (including phenoxy) is 2. The summed E-state index contributed by atoms with van der Waals surface area (Å²) in [4.78, 5) is 19.3. The molecule has 0 bridgehead atoms. The first kappa shape index (κ1) is 22.8. The topological polar surface area (TPSA) is 42.0 Å². The van der Waals surface area contributed by atoms with E-state index in [4.69, 9.17) is 21.1 Å². The molecule has 0 aliphatic carbocycles. The molecular formula is C27H25ClN2O3S. The quantitative estimate of drug-likeness (QED) is 0.420. The van der Waals surface area contributed by atoms with E-state index in [2.05, 4.69) is 17.0 Å². The molecule has 34 heavy (non-hydrogen) atoms. The van der Waals surface area contributed by atoms with Crippen LogP contribution in [0.1, 0.15) is 11.1 Å². The summed E-state index contributed by atoms with van der Waals surface area (Å²) in [6.07, 6.45) is 3.61. The molecule has 2 heterocycles. The molecule has 0 aromatic heterocycles. The lowest BCUT2D eigenvalue weighted by atomic mass is 10.1. The van der Waals surface area contributed by atoms with Crippen LogP contribution in [0.25, 0.3) is 6.08 Å². The number of benzene rings is 3. The Labute approximate surface area is 208 Å². The lowest BCUT2D eigenvalue weighted by molar-refractivity contribution is -0.127. The smallest absolute Gasteiger partial charge is 0.246 e. The standard InChI is InChI=1S/C27H25ClN2O3S/c28-22-7-9-23(10-8-22)34-26-4-2-1-3-21(26)6-12-27(31)30-15-13-29(14-16-30)18-20-5-11-24-25(17-20)33-19-32-24/h1-12,17H,13-16,18-19H2/b12-6+. The highest BCUT2D eigenvalue weighted by Gasteiger charge is 2.21. The van der Waals surface area contributed by atoms with E-state index in [1.165, 1.54) is 5.56 Å². The predicted molar refractivity (Wildman–Crippen MR) is 135 cm³/mol. The lowest BCUT2D eigenvalue weighted by Crippen LogP contribution is -2.47. The Morgan fingerprint density at radius 2 is 1.71 bits per heavy atom. The molecule has 0 atom stereocenters. The fraction of sp³-hybridized carbons (Fsp3) is 0.222. The van der Waals surface area contributed by atoms with Gasteiger partial charge in [0.25, 0.3) is 0 Å². The fourth-order valence-corrected chi connectivity index (χ4v) is 5.08. The van der Waals surface area contributed by atoms with E-state index in [0.29, 0.717) is 0 Å². The molecule has 1 saturated heterocycles. The summed E-state index contributed by atoms with van der Waals surface area (Å²) in [5, 5.41) is 0.721. The van der Waals surface area contributed by atoms with Crippen molar-refractivity contribution >= 4 is 35.3 Å². The molecule has 0 spiro atoms. The van der Waals surface area contributed by atoms with Crippen LogP contribution in [-0.2, 0) is 11.3 Å². The van der Waals surface area contributed by atoms with Crippen molar-refractivity contribution in [2.75, 3.05) is 33.0 Å². The van der Waals surface area contributed by atoms with Crippen LogP contribution in [0.3, 0.4) is 0 Å². The molecule has 5 nitrogen and oxygen atoms in total. The number of carbonyl (C=O) groups excluding carboxylic acids is 1. The molecule has 0 saturated carbocycles. The molecule has 0 unspecified atom stereocenters. The maximum Gasteiger partial charge on any atom is 0.246 e. The molecule has 2 aliphatic rings. The number of carbonyl (C=O) groups is 1. The largest absolute Gasteiger partial charge is 0.454 e. The Balaban J connectivity index is 1.16. The third-order valence-corrected chi connectivity index (χ3v) is 7.24. The molecule has 0 N–H and O–H groups in total. The summed E-state index contributed by atoms with van der Waals surface area (Å²) in [7, 11) is 0. The summed E-state index contributed by atoms with van der Waals surface area (Å²) >= 11 is 7.66. The van der Waals surface area contributed by atoms with Crippen LogP contribution in [0, 0.1) is 0 Å². The lowest BCUT2D eigenvalue weighted by Gasteiger charge is -2.34. The van der Waals surface area contributed by atoms with Crippen LogP contribution in [-0.4, -0.2) is 48.7 Å². The summed E-state index contributed by atoms with van der Waals surface area (Å²) in [6, 6.07) is 22.0. The van der Waals surface area contributed by atoms with E-state index in [1.807, 2.05) is 65.6 Å². The third kappa shape index (κ3) is 5.58. The third-order valence-electron chi connectivity index (χ3n) is 5.89. The van der Waals surface area contributed by atoms with E-state index in [0.717, 1.165) is 64.6 Å². The number of fused-ring (bicyclic) bond motifs is 1. The molecule has 2 aliphatic heterocycles.